The number of pyridine rings is 1. The molecule has 1 aromatic heterocycles. The lowest BCUT2D eigenvalue weighted by atomic mass is 10.2. The first kappa shape index (κ1) is 11.7. The molecule has 0 N–H and O–H groups in total. The lowest BCUT2D eigenvalue weighted by Crippen LogP contribution is -2.46. The van der Waals surface area contributed by atoms with Crippen molar-refractivity contribution in [1.82, 2.24) is 9.88 Å². The van der Waals surface area contributed by atoms with E-state index in [1.165, 1.54) is 5.69 Å². The lowest BCUT2D eigenvalue weighted by Gasteiger charge is -2.35. The molecule has 0 atom stereocenters. The molecule has 1 fully saturated rings. The van der Waals surface area contributed by atoms with Crippen LogP contribution in [-0.4, -0.2) is 42.6 Å². The third kappa shape index (κ3) is 2.66. The van der Waals surface area contributed by atoms with Crippen molar-refractivity contribution in [1.29, 1.82) is 0 Å². The van der Waals surface area contributed by atoms with Crippen LogP contribution in [0.25, 0.3) is 0 Å². The Labute approximate surface area is 102 Å². The predicted molar refractivity (Wildman–Crippen MR) is 68.1 cm³/mol. The van der Waals surface area contributed by atoms with Crippen LogP contribution in [-0.2, 0) is 5.88 Å². The fourth-order valence-corrected chi connectivity index (χ4v) is 2.20. The number of alkyl halides is 1. The molecule has 4 heteroatoms. The molecule has 2 rings (SSSR count). The van der Waals surface area contributed by atoms with Gasteiger partial charge in [-0.15, -0.1) is 11.6 Å². The minimum absolute atomic E-state index is 0.489. The Hall–Kier alpha value is -0.800. The Morgan fingerprint density at radius 2 is 2.06 bits per heavy atom. The van der Waals surface area contributed by atoms with Crippen molar-refractivity contribution in [2.24, 2.45) is 0 Å². The summed E-state index contributed by atoms with van der Waals surface area (Å²) in [5.41, 5.74) is 2.21. The van der Waals surface area contributed by atoms with Crippen LogP contribution in [0.1, 0.15) is 12.6 Å². The zero-order valence-electron chi connectivity index (χ0n) is 9.69. The van der Waals surface area contributed by atoms with Crippen molar-refractivity contribution < 1.29 is 0 Å². The van der Waals surface area contributed by atoms with Gasteiger partial charge in [-0.25, -0.2) is 0 Å². The Balaban J connectivity index is 2.02. The van der Waals surface area contributed by atoms with Gasteiger partial charge in [-0.1, -0.05) is 6.92 Å². The summed E-state index contributed by atoms with van der Waals surface area (Å²) in [5.74, 6) is 0.489. The number of hydrogen-bond acceptors (Lipinski definition) is 3. The molecule has 2 heterocycles. The first-order valence-corrected chi connectivity index (χ1v) is 6.35. The van der Waals surface area contributed by atoms with E-state index in [-0.39, 0.29) is 0 Å². The zero-order valence-corrected chi connectivity index (χ0v) is 10.5. The molecule has 0 amide bonds. The van der Waals surface area contributed by atoms with Crippen LogP contribution in [0.5, 0.6) is 0 Å². The minimum atomic E-state index is 0.489. The molecule has 16 heavy (non-hydrogen) atoms. The third-order valence-electron chi connectivity index (χ3n) is 3.12. The Bertz CT molecular complexity index is 335. The number of rotatable bonds is 3. The number of hydrogen-bond donors (Lipinski definition) is 0. The second kappa shape index (κ2) is 5.51. The van der Waals surface area contributed by atoms with E-state index in [4.69, 9.17) is 11.6 Å². The summed E-state index contributed by atoms with van der Waals surface area (Å²) in [6, 6.07) is 4.16. The SMILES string of the molecule is CCN1CCN(c2ccnc(CCl)c2)CC1. The average Bonchev–Trinajstić information content (AvgIpc) is 2.39. The molecular weight excluding hydrogens is 222 g/mol. The van der Waals surface area contributed by atoms with Crippen LogP contribution in [0.3, 0.4) is 0 Å². The molecule has 1 aromatic rings. The highest BCUT2D eigenvalue weighted by molar-refractivity contribution is 6.16. The van der Waals surface area contributed by atoms with Crippen LogP contribution >= 0.6 is 11.6 Å². The zero-order chi connectivity index (χ0) is 11.4. The molecule has 1 aliphatic heterocycles. The summed E-state index contributed by atoms with van der Waals surface area (Å²) in [6.45, 7) is 7.86. The highest BCUT2D eigenvalue weighted by Gasteiger charge is 2.15. The normalized spacial score (nSPS) is 17.8. The van der Waals surface area contributed by atoms with Gasteiger partial charge in [-0.05, 0) is 18.7 Å². The topological polar surface area (TPSA) is 19.4 Å². The van der Waals surface area contributed by atoms with E-state index in [1.54, 1.807) is 0 Å². The summed E-state index contributed by atoms with van der Waals surface area (Å²) >= 11 is 5.79. The van der Waals surface area contributed by atoms with Gasteiger partial charge in [0.1, 0.15) is 0 Å². The fourth-order valence-electron chi connectivity index (χ4n) is 2.06. The first-order valence-electron chi connectivity index (χ1n) is 5.81. The standard InChI is InChI=1S/C12H18ClN3/c1-2-15-5-7-16(8-6-15)12-3-4-14-11(9-12)10-13/h3-4,9H,2,5-8,10H2,1H3. The van der Waals surface area contributed by atoms with Crippen molar-refractivity contribution >= 4 is 17.3 Å². The van der Waals surface area contributed by atoms with Crippen LogP contribution < -0.4 is 4.90 Å². The average molecular weight is 240 g/mol. The predicted octanol–water partition coefficient (Wildman–Crippen LogP) is 1.96. The van der Waals surface area contributed by atoms with Gasteiger partial charge in [0.2, 0.25) is 0 Å². The van der Waals surface area contributed by atoms with E-state index < -0.39 is 0 Å². The summed E-state index contributed by atoms with van der Waals surface area (Å²) in [5, 5.41) is 0. The van der Waals surface area contributed by atoms with E-state index in [1.807, 2.05) is 6.20 Å². The molecule has 0 saturated carbocycles. The largest absolute Gasteiger partial charge is 0.369 e. The molecule has 0 aliphatic carbocycles. The van der Waals surface area contributed by atoms with Crippen molar-refractivity contribution in [2.45, 2.75) is 12.8 Å². The van der Waals surface area contributed by atoms with Gasteiger partial charge in [0, 0.05) is 38.1 Å². The first-order chi connectivity index (χ1) is 7.83. The van der Waals surface area contributed by atoms with E-state index >= 15 is 0 Å². The van der Waals surface area contributed by atoms with Crippen molar-refractivity contribution in [3.8, 4) is 0 Å². The molecule has 3 nitrogen and oxygen atoms in total. The van der Waals surface area contributed by atoms with Crippen LogP contribution in [0, 0.1) is 0 Å². The van der Waals surface area contributed by atoms with Crippen LogP contribution in [0.2, 0.25) is 0 Å². The van der Waals surface area contributed by atoms with E-state index in [0.29, 0.717) is 5.88 Å². The smallest absolute Gasteiger partial charge is 0.0648 e. The van der Waals surface area contributed by atoms with Crippen LogP contribution in [0.15, 0.2) is 18.3 Å². The summed E-state index contributed by atoms with van der Waals surface area (Å²) in [4.78, 5) is 9.09. The monoisotopic (exact) mass is 239 g/mol. The van der Waals surface area contributed by atoms with Gasteiger partial charge < -0.3 is 9.80 Å². The Kier molecular flexibility index (Phi) is 4.02. The molecule has 0 aromatic carbocycles. The number of anilines is 1. The van der Waals surface area contributed by atoms with Gasteiger partial charge in [0.25, 0.3) is 0 Å². The number of aromatic nitrogens is 1. The van der Waals surface area contributed by atoms with Crippen molar-refractivity contribution in [3.05, 3.63) is 24.0 Å². The van der Waals surface area contributed by atoms with Crippen LogP contribution in [0.4, 0.5) is 5.69 Å². The molecule has 0 radical (unpaired) electrons. The van der Waals surface area contributed by atoms with Gasteiger partial charge in [-0.3, -0.25) is 4.98 Å². The number of likely N-dealkylation sites (N-methyl/N-ethyl adjacent to an activating group) is 1. The highest BCUT2D eigenvalue weighted by atomic mass is 35.5. The van der Waals surface area contributed by atoms with Crippen molar-refractivity contribution in [2.75, 3.05) is 37.6 Å². The highest BCUT2D eigenvalue weighted by Crippen LogP contribution is 2.17. The van der Waals surface area contributed by atoms with Gasteiger partial charge in [0.15, 0.2) is 0 Å². The molecule has 0 bridgehead atoms. The summed E-state index contributed by atoms with van der Waals surface area (Å²) in [7, 11) is 0. The van der Waals surface area contributed by atoms with Gasteiger partial charge in [0.05, 0.1) is 11.6 Å². The molecule has 88 valence electrons. The second-order valence-electron chi connectivity index (χ2n) is 4.06. The maximum absolute atomic E-state index is 5.79. The Morgan fingerprint density at radius 1 is 1.31 bits per heavy atom. The maximum atomic E-state index is 5.79. The third-order valence-corrected chi connectivity index (χ3v) is 3.40. The number of halogens is 1. The fraction of sp³-hybridized carbons (Fsp3) is 0.583. The second-order valence-corrected chi connectivity index (χ2v) is 4.33. The molecule has 1 saturated heterocycles. The molecule has 1 aliphatic rings. The Morgan fingerprint density at radius 3 is 2.69 bits per heavy atom. The molecular formula is C12H18ClN3. The van der Waals surface area contributed by atoms with E-state index in [9.17, 15) is 0 Å². The number of piperazine rings is 1. The molecule has 0 spiro atoms. The van der Waals surface area contributed by atoms with E-state index in [2.05, 4.69) is 33.8 Å². The van der Waals surface area contributed by atoms with Crippen molar-refractivity contribution in [3.63, 3.8) is 0 Å². The lowest BCUT2D eigenvalue weighted by molar-refractivity contribution is 0.271. The maximum Gasteiger partial charge on any atom is 0.0648 e. The van der Waals surface area contributed by atoms with E-state index in [0.717, 1.165) is 38.4 Å². The summed E-state index contributed by atoms with van der Waals surface area (Å²) in [6.07, 6.45) is 1.85. The summed E-state index contributed by atoms with van der Waals surface area (Å²) < 4.78 is 0. The minimum Gasteiger partial charge on any atom is -0.369 e. The quantitative estimate of drug-likeness (QED) is 0.752. The molecule has 0 unspecified atom stereocenters. The van der Waals surface area contributed by atoms with Gasteiger partial charge >= 0.3 is 0 Å². The van der Waals surface area contributed by atoms with Gasteiger partial charge in [-0.2, -0.15) is 0 Å². The number of nitrogens with zero attached hydrogens (tertiary/aromatic N) is 3.